The smallest absolute Gasteiger partial charge is 0.218 e. The van der Waals surface area contributed by atoms with Crippen molar-refractivity contribution in [2.24, 2.45) is 0 Å². The van der Waals surface area contributed by atoms with Crippen LogP contribution in [0.3, 0.4) is 0 Å². The summed E-state index contributed by atoms with van der Waals surface area (Å²) in [6.45, 7) is 2.47. The Morgan fingerprint density at radius 1 is 1.30 bits per heavy atom. The fraction of sp³-hybridized carbons (Fsp3) is 0.400. The van der Waals surface area contributed by atoms with Gasteiger partial charge in [0.1, 0.15) is 0 Å². The number of hydrogen-bond donors (Lipinski definition) is 0. The van der Waals surface area contributed by atoms with Gasteiger partial charge in [0.05, 0.1) is 23.5 Å². The van der Waals surface area contributed by atoms with E-state index in [9.17, 15) is 9.00 Å². The van der Waals surface area contributed by atoms with Gasteiger partial charge in [-0.2, -0.15) is 0 Å². The fourth-order valence-corrected chi connectivity index (χ4v) is 2.78. The molecule has 20 heavy (non-hydrogen) atoms. The minimum atomic E-state index is -0.964. The van der Waals surface area contributed by atoms with Gasteiger partial charge in [0, 0.05) is 16.7 Å². The third kappa shape index (κ3) is 4.10. The minimum absolute atomic E-state index is 0.101. The molecule has 0 aliphatic carbocycles. The average Bonchev–Trinajstić information content (AvgIpc) is 2.89. The lowest BCUT2D eigenvalue weighted by Crippen LogP contribution is -2.27. The number of carbonyl (C=O) groups excluding carboxylic acids is 1. The van der Waals surface area contributed by atoms with E-state index in [2.05, 4.69) is 0 Å². The first-order chi connectivity index (χ1) is 9.70. The fourth-order valence-electron chi connectivity index (χ4n) is 1.95. The maximum absolute atomic E-state index is 11.3. The van der Waals surface area contributed by atoms with Crippen LogP contribution in [0.4, 0.5) is 0 Å². The van der Waals surface area contributed by atoms with Gasteiger partial charge in [0.25, 0.3) is 0 Å². The van der Waals surface area contributed by atoms with Gasteiger partial charge in [-0.05, 0) is 25.5 Å². The summed E-state index contributed by atoms with van der Waals surface area (Å²) in [6, 6.07) is 9.40. The molecular weight excluding hydrogens is 276 g/mol. The normalized spacial score (nSPS) is 26.1. The van der Waals surface area contributed by atoms with Gasteiger partial charge in [-0.1, -0.05) is 24.3 Å². The second-order valence-corrected chi connectivity index (χ2v) is 5.85. The summed E-state index contributed by atoms with van der Waals surface area (Å²) < 4.78 is 21.4. The van der Waals surface area contributed by atoms with Crippen molar-refractivity contribution in [1.29, 1.82) is 0 Å². The number of ketones is 1. The molecule has 2 saturated heterocycles. The highest BCUT2D eigenvalue weighted by Crippen LogP contribution is 2.23. The van der Waals surface area contributed by atoms with Crippen LogP contribution in [0, 0.1) is 0 Å². The van der Waals surface area contributed by atoms with Crippen molar-refractivity contribution in [2.45, 2.75) is 37.1 Å². The van der Waals surface area contributed by atoms with Crippen LogP contribution in [0.5, 0.6) is 0 Å². The summed E-state index contributed by atoms with van der Waals surface area (Å²) in [6.07, 6.45) is 2.96. The summed E-state index contributed by atoms with van der Waals surface area (Å²) in [7, 11) is -0.964. The number of allylic oxidation sites excluding steroid dienone is 1. The maximum Gasteiger partial charge on any atom is 0.218 e. The highest BCUT2D eigenvalue weighted by molar-refractivity contribution is 7.88. The van der Waals surface area contributed by atoms with E-state index in [-0.39, 0.29) is 11.9 Å². The van der Waals surface area contributed by atoms with E-state index >= 15 is 0 Å². The van der Waals surface area contributed by atoms with E-state index in [4.69, 9.17) is 9.47 Å². The molecule has 2 bridgehead atoms. The molecule has 0 amide bonds. The number of hydrogen-bond acceptors (Lipinski definition) is 4. The molecule has 5 heteroatoms. The van der Waals surface area contributed by atoms with E-state index in [0.29, 0.717) is 13.0 Å². The Bertz CT molecular complexity index is 498. The Labute approximate surface area is 121 Å². The SMILES string of the molecule is C/C=C/S(=O)c1ccccc1.O=C1CC[C@H]2CO[C@@H]1O2. The first-order valence-corrected chi connectivity index (χ1v) is 7.80. The zero-order chi connectivity index (χ0) is 14.4. The van der Waals surface area contributed by atoms with Crippen LogP contribution >= 0.6 is 0 Å². The molecule has 2 heterocycles. The van der Waals surface area contributed by atoms with Crippen molar-refractivity contribution < 1.29 is 18.5 Å². The average molecular weight is 294 g/mol. The highest BCUT2D eigenvalue weighted by atomic mass is 32.2. The van der Waals surface area contributed by atoms with Crippen LogP contribution in [0.15, 0.2) is 46.7 Å². The Morgan fingerprint density at radius 3 is 2.70 bits per heavy atom. The number of Topliss-reactive ketones (excluding diaryl/α,β-unsaturated/α-hetero) is 1. The number of fused-ring (bicyclic) bond motifs is 2. The molecular formula is C15H18O4S. The number of benzene rings is 1. The second-order valence-electron chi connectivity index (χ2n) is 4.51. The van der Waals surface area contributed by atoms with E-state index in [1.54, 1.807) is 11.5 Å². The number of ether oxygens (including phenoxy) is 2. The Morgan fingerprint density at radius 2 is 2.05 bits per heavy atom. The van der Waals surface area contributed by atoms with Crippen LogP contribution in [0.25, 0.3) is 0 Å². The Balaban J connectivity index is 0.000000149. The van der Waals surface area contributed by atoms with Gasteiger partial charge < -0.3 is 9.47 Å². The quantitative estimate of drug-likeness (QED) is 0.840. The van der Waals surface area contributed by atoms with E-state index in [1.165, 1.54) is 0 Å². The molecule has 2 fully saturated rings. The molecule has 3 rings (SSSR count). The summed E-state index contributed by atoms with van der Waals surface area (Å²) >= 11 is 0. The standard InChI is InChI=1S/C9H10OS.C6H8O3/c1-2-8-11(10)9-6-4-3-5-7-9;7-5-2-1-4-3-8-6(5)9-4/h2-8H,1H3;4,6H,1-3H2/b8-2+;/t;4-,6+/m.0/s1. The molecule has 2 aliphatic rings. The van der Waals surface area contributed by atoms with Crippen LogP contribution in [-0.4, -0.2) is 29.0 Å². The number of rotatable bonds is 2. The zero-order valence-corrected chi connectivity index (χ0v) is 12.2. The molecule has 0 aromatic heterocycles. The van der Waals surface area contributed by atoms with Crippen LogP contribution in [0.2, 0.25) is 0 Å². The first-order valence-electron chi connectivity index (χ1n) is 6.59. The third-order valence-electron chi connectivity index (χ3n) is 2.96. The van der Waals surface area contributed by atoms with E-state index in [1.807, 2.05) is 37.3 Å². The molecule has 1 aromatic carbocycles. The van der Waals surface area contributed by atoms with Gasteiger partial charge in [0.15, 0.2) is 5.78 Å². The van der Waals surface area contributed by atoms with Crippen molar-refractivity contribution in [3.05, 3.63) is 41.8 Å². The summed E-state index contributed by atoms with van der Waals surface area (Å²) in [5.41, 5.74) is 0. The minimum Gasteiger partial charge on any atom is -0.343 e. The van der Waals surface area contributed by atoms with E-state index in [0.717, 1.165) is 11.3 Å². The zero-order valence-electron chi connectivity index (χ0n) is 11.4. The Hall–Kier alpha value is -1.30. The molecule has 1 unspecified atom stereocenters. The van der Waals surface area contributed by atoms with Gasteiger partial charge in [-0.3, -0.25) is 4.79 Å². The monoisotopic (exact) mass is 294 g/mol. The van der Waals surface area contributed by atoms with Crippen LogP contribution in [0.1, 0.15) is 19.8 Å². The Kier molecular flexibility index (Phi) is 5.64. The molecule has 4 nitrogen and oxygen atoms in total. The lowest BCUT2D eigenvalue weighted by molar-refractivity contribution is -0.152. The third-order valence-corrected chi connectivity index (χ3v) is 4.22. The predicted molar refractivity (Wildman–Crippen MR) is 76.5 cm³/mol. The van der Waals surface area contributed by atoms with Crippen molar-refractivity contribution in [1.82, 2.24) is 0 Å². The van der Waals surface area contributed by atoms with Crippen molar-refractivity contribution in [3.63, 3.8) is 0 Å². The van der Waals surface area contributed by atoms with Gasteiger partial charge in [-0.15, -0.1) is 0 Å². The van der Waals surface area contributed by atoms with Gasteiger partial charge in [0.2, 0.25) is 6.29 Å². The lowest BCUT2D eigenvalue weighted by atomic mass is 10.1. The molecule has 0 saturated carbocycles. The molecule has 108 valence electrons. The van der Waals surface area contributed by atoms with Crippen molar-refractivity contribution in [3.8, 4) is 0 Å². The summed E-state index contributed by atoms with van der Waals surface area (Å²) in [5.74, 6) is 0.101. The summed E-state index contributed by atoms with van der Waals surface area (Å²) in [4.78, 5) is 11.7. The van der Waals surface area contributed by atoms with Gasteiger partial charge >= 0.3 is 0 Å². The molecule has 1 aromatic rings. The first kappa shape index (κ1) is 15.1. The molecule has 0 spiro atoms. The summed E-state index contributed by atoms with van der Waals surface area (Å²) in [5, 5.41) is 1.68. The topological polar surface area (TPSA) is 52.6 Å². The molecule has 2 aliphatic heterocycles. The van der Waals surface area contributed by atoms with Crippen LogP contribution in [-0.2, 0) is 25.1 Å². The molecule has 0 N–H and O–H groups in total. The molecule has 3 atom stereocenters. The second kappa shape index (κ2) is 7.47. The van der Waals surface area contributed by atoms with Crippen molar-refractivity contribution in [2.75, 3.05) is 6.61 Å². The van der Waals surface area contributed by atoms with Gasteiger partial charge in [-0.25, -0.2) is 4.21 Å². The highest BCUT2D eigenvalue weighted by Gasteiger charge is 2.36. The number of carbonyl (C=O) groups is 1. The lowest BCUT2D eigenvalue weighted by Gasteiger charge is -2.15. The molecule has 0 radical (unpaired) electrons. The maximum atomic E-state index is 11.3. The van der Waals surface area contributed by atoms with E-state index < -0.39 is 17.1 Å². The predicted octanol–water partition coefficient (Wildman–Crippen LogP) is 2.42. The van der Waals surface area contributed by atoms with Crippen molar-refractivity contribution >= 4 is 16.6 Å². The van der Waals surface area contributed by atoms with Crippen LogP contribution < -0.4 is 0 Å². The largest absolute Gasteiger partial charge is 0.343 e.